The molecule has 31 heavy (non-hydrogen) atoms. The molecule has 3 amide bonds. The first-order valence-corrected chi connectivity index (χ1v) is 11.2. The molecule has 0 saturated carbocycles. The number of para-hydroxylation sites is 2. The van der Waals surface area contributed by atoms with Crippen molar-refractivity contribution in [2.75, 3.05) is 23.9 Å². The van der Waals surface area contributed by atoms with E-state index in [0.29, 0.717) is 23.7 Å². The van der Waals surface area contributed by atoms with Crippen LogP contribution in [0.2, 0.25) is 0 Å². The summed E-state index contributed by atoms with van der Waals surface area (Å²) in [6.07, 6.45) is 1.68. The van der Waals surface area contributed by atoms with E-state index >= 15 is 0 Å². The molecule has 0 aromatic heterocycles. The molecule has 0 aliphatic carbocycles. The number of imide groups is 1. The maximum Gasteiger partial charge on any atom is 0.250 e. The van der Waals surface area contributed by atoms with Crippen LogP contribution in [0, 0.1) is 11.8 Å². The van der Waals surface area contributed by atoms with Gasteiger partial charge in [0.2, 0.25) is 17.7 Å². The topological polar surface area (TPSA) is 79.0 Å². The van der Waals surface area contributed by atoms with Crippen LogP contribution in [0.25, 0.3) is 0 Å². The van der Waals surface area contributed by atoms with E-state index < -0.39 is 17.4 Å². The van der Waals surface area contributed by atoms with Crippen molar-refractivity contribution in [1.29, 1.82) is 0 Å². The maximum absolute atomic E-state index is 13.9. The number of benzene rings is 2. The number of ether oxygens (including phenoxy) is 1. The lowest BCUT2D eigenvalue weighted by Gasteiger charge is -2.36. The molecule has 6 rings (SSSR count). The zero-order valence-electron chi connectivity index (χ0n) is 16.8. The molecule has 158 valence electrons. The van der Waals surface area contributed by atoms with E-state index in [0.717, 1.165) is 22.9 Å². The van der Waals surface area contributed by atoms with E-state index in [4.69, 9.17) is 4.74 Å². The molecule has 3 saturated heterocycles. The van der Waals surface area contributed by atoms with Gasteiger partial charge in [0.15, 0.2) is 0 Å². The monoisotopic (exact) mass is 481 g/mol. The first-order chi connectivity index (χ1) is 15.0. The van der Waals surface area contributed by atoms with Gasteiger partial charge in [-0.2, -0.15) is 0 Å². The summed E-state index contributed by atoms with van der Waals surface area (Å²) in [7, 11) is 1.52. The summed E-state index contributed by atoms with van der Waals surface area (Å²) >= 11 is 3.52. The van der Waals surface area contributed by atoms with E-state index in [9.17, 15) is 14.4 Å². The zero-order valence-corrected chi connectivity index (χ0v) is 18.4. The minimum atomic E-state index is -1.17. The average Bonchev–Trinajstić information content (AvgIpc) is 3.47. The molecular formula is C23H20BrN3O4. The summed E-state index contributed by atoms with van der Waals surface area (Å²) in [5.41, 5.74) is 0.737. The number of methoxy groups -OCH3 is 1. The summed E-state index contributed by atoms with van der Waals surface area (Å²) in [6.45, 7) is 0.687. The Morgan fingerprint density at radius 2 is 1.94 bits per heavy atom. The van der Waals surface area contributed by atoms with Crippen LogP contribution in [0.1, 0.15) is 18.4 Å². The Morgan fingerprint density at radius 3 is 2.74 bits per heavy atom. The number of halogens is 1. The fourth-order valence-electron chi connectivity index (χ4n) is 6.23. The third-order valence-corrected chi connectivity index (χ3v) is 7.77. The summed E-state index contributed by atoms with van der Waals surface area (Å²) in [5, 5.41) is 2.99. The second-order valence-corrected chi connectivity index (χ2v) is 9.42. The lowest BCUT2D eigenvalue weighted by Crippen LogP contribution is -2.54. The number of nitrogens with zero attached hydrogens (tertiary/aromatic N) is 2. The van der Waals surface area contributed by atoms with Gasteiger partial charge in [-0.05, 0) is 49.7 Å². The zero-order chi connectivity index (χ0) is 21.5. The first kappa shape index (κ1) is 19.0. The molecule has 0 bridgehead atoms. The molecule has 1 N–H and O–H groups in total. The highest BCUT2D eigenvalue weighted by molar-refractivity contribution is 9.10. The number of carbonyl (C=O) groups excluding carboxylic acids is 3. The molecule has 2 aromatic rings. The number of rotatable bonds is 2. The standard InChI is InChI=1S/C23H20BrN3O4/c1-31-17-7-3-2-5-15(17)27-20(28)18-16-6-4-10-26(16)23(19(18)21(27)29)13-11-12(24)8-9-14(13)25-22(23)30/h2-3,5,7-9,11,16,18-19H,4,6,10H2,1H3,(H,25,30)/t16-,18+,19+,23+/m0/s1. The van der Waals surface area contributed by atoms with Crippen molar-refractivity contribution in [3.05, 3.63) is 52.5 Å². The van der Waals surface area contributed by atoms with Crippen LogP contribution in [0.15, 0.2) is 46.9 Å². The van der Waals surface area contributed by atoms with Crippen molar-refractivity contribution >= 4 is 45.0 Å². The molecule has 4 atom stereocenters. The van der Waals surface area contributed by atoms with Crippen LogP contribution >= 0.6 is 15.9 Å². The Morgan fingerprint density at radius 1 is 1.13 bits per heavy atom. The minimum Gasteiger partial charge on any atom is -0.495 e. The van der Waals surface area contributed by atoms with Crippen molar-refractivity contribution in [2.24, 2.45) is 11.8 Å². The van der Waals surface area contributed by atoms with Gasteiger partial charge in [0, 0.05) is 21.8 Å². The Labute approximate surface area is 187 Å². The SMILES string of the molecule is COc1ccccc1N1C(=O)[C@@H]2[C@@H]3CCCN3[C@@]3(C(=O)Nc4ccc(Br)cc43)[C@H]2C1=O. The molecule has 4 aliphatic rings. The maximum atomic E-state index is 13.9. The van der Waals surface area contributed by atoms with E-state index in [-0.39, 0.29) is 23.8 Å². The van der Waals surface area contributed by atoms with E-state index in [1.54, 1.807) is 24.3 Å². The Balaban J connectivity index is 1.57. The number of carbonyl (C=O) groups is 3. The minimum absolute atomic E-state index is 0.142. The Kier molecular flexibility index (Phi) is 3.92. The van der Waals surface area contributed by atoms with Gasteiger partial charge in [-0.3, -0.25) is 19.3 Å². The quantitative estimate of drug-likeness (QED) is 0.667. The highest BCUT2D eigenvalue weighted by Crippen LogP contribution is 2.61. The van der Waals surface area contributed by atoms with Gasteiger partial charge < -0.3 is 10.1 Å². The van der Waals surface area contributed by atoms with Gasteiger partial charge in [0.1, 0.15) is 11.3 Å². The second-order valence-electron chi connectivity index (χ2n) is 8.50. The predicted octanol–water partition coefficient (Wildman–Crippen LogP) is 2.89. The predicted molar refractivity (Wildman–Crippen MR) is 117 cm³/mol. The molecule has 1 spiro atoms. The summed E-state index contributed by atoms with van der Waals surface area (Å²) < 4.78 is 6.26. The lowest BCUT2D eigenvalue weighted by atomic mass is 9.75. The highest BCUT2D eigenvalue weighted by atomic mass is 79.9. The fraction of sp³-hybridized carbons (Fsp3) is 0.348. The normalized spacial score (nSPS) is 31.2. The Hall–Kier alpha value is -2.71. The van der Waals surface area contributed by atoms with Gasteiger partial charge in [-0.1, -0.05) is 28.1 Å². The van der Waals surface area contributed by atoms with Gasteiger partial charge >= 0.3 is 0 Å². The summed E-state index contributed by atoms with van der Waals surface area (Å²) in [5.74, 6) is -1.67. The number of amides is 3. The second kappa shape index (κ2) is 6.40. The van der Waals surface area contributed by atoms with E-state index in [1.165, 1.54) is 12.0 Å². The van der Waals surface area contributed by atoms with Crippen molar-refractivity contribution in [2.45, 2.75) is 24.4 Å². The van der Waals surface area contributed by atoms with Crippen LogP contribution in [0.5, 0.6) is 5.75 Å². The van der Waals surface area contributed by atoms with Crippen LogP contribution in [-0.2, 0) is 19.9 Å². The average molecular weight is 482 g/mol. The largest absolute Gasteiger partial charge is 0.495 e. The number of hydrogen-bond acceptors (Lipinski definition) is 5. The highest BCUT2D eigenvalue weighted by Gasteiger charge is 2.74. The van der Waals surface area contributed by atoms with Gasteiger partial charge in [-0.15, -0.1) is 0 Å². The third-order valence-electron chi connectivity index (χ3n) is 7.28. The van der Waals surface area contributed by atoms with E-state index in [1.807, 2.05) is 18.2 Å². The number of hydrogen-bond donors (Lipinski definition) is 1. The van der Waals surface area contributed by atoms with Crippen LogP contribution in [0.3, 0.4) is 0 Å². The van der Waals surface area contributed by atoms with Crippen LogP contribution in [-0.4, -0.2) is 42.3 Å². The molecule has 4 aliphatic heterocycles. The Bertz CT molecular complexity index is 1170. The van der Waals surface area contributed by atoms with Gasteiger partial charge in [-0.25, -0.2) is 4.90 Å². The molecular weight excluding hydrogens is 462 g/mol. The van der Waals surface area contributed by atoms with E-state index in [2.05, 4.69) is 26.1 Å². The molecule has 0 unspecified atom stereocenters. The first-order valence-electron chi connectivity index (χ1n) is 10.4. The molecule has 0 radical (unpaired) electrons. The van der Waals surface area contributed by atoms with Gasteiger partial charge in [0.25, 0.3) is 0 Å². The van der Waals surface area contributed by atoms with Crippen molar-refractivity contribution in [3.8, 4) is 5.75 Å². The lowest BCUT2D eigenvalue weighted by molar-refractivity contribution is -0.135. The smallest absolute Gasteiger partial charge is 0.250 e. The molecule has 2 aromatic carbocycles. The number of fused-ring (bicyclic) bond motifs is 7. The molecule has 3 fully saturated rings. The van der Waals surface area contributed by atoms with Crippen molar-refractivity contribution in [1.82, 2.24) is 4.90 Å². The molecule has 8 heteroatoms. The molecule has 7 nitrogen and oxygen atoms in total. The number of nitrogens with one attached hydrogen (secondary N) is 1. The third kappa shape index (κ3) is 2.19. The molecule has 4 heterocycles. The fourth-order valence-corrected chi connectivity index (χ4v) is 6.59. The summed E-state index contributed by atoms with van der Waals surface area (Å²) in [6, 6.07) is 12.5. The van der Waals surface area contributed by atoms with Gasteiger partial charge in [0.05, 0.1) is 24.6 Å². The number of anilines is 2. The van der Waals surface area contributed by atoms with Crippen LogP contribution < -0.4 is 15.0 Å². The van der Waals surface area contributed by atoms with Crippen molar-refractivity contribution < 1.29 is 19.1 Å². The summed E-state index contributed by atoms with van der Waals surface area (Å²) in [4.78, 5) is 44.6. The van der Waals surface area contributed by atoms with Crippen molar-refractivity contribution in [3.63, 3.8) is 0 Å². The van der Waals surface area contributed by atoms with Crippen LogP contribution in [0.4, 0.5) is 11.4 Å².